The number of benzene rings is 2. The molecule has 0 aromatic heterocycles. The minimum absolute atomic E-state index is 0.116. The first-order valence-corrected chi connectivity index (χ1v) is 9.66. The van der Waals surface area contributed by atoms with Crippen LogP contribution in [0.2, 0.25) is 0 Å². The highest BCUT2D eigenvalue weighted by atomic mass is 32.2. The van der Waals surface area contributed by atoms with Crippen molar-refractivity contribution in [1.82, 2.24) is 9.62 Å². The van der Waals surface area contributed by atoms with Crippen LogP contribution in [-0.2, 0) is 16.6 Å². The second kappa shape index (κ2) is 8.98. The molecular weight excluding hydrogens is 392 g/mol. The number of nitrogens with zero attached hydrogens (tertiary/aromatic N) is 1. The lowest BCUT2D eigenvalue weighted by Gasteiger charge is -2.15. The molecule has 0 aliphatic heterocycles. The van der Waals surface area contributed by atoms with E-state index in [0.717, 1.165) is 4.31 Å². The van der Waals surface area contributed by atoms with Crippen LogP contribution in [0.3, 0.4) is 0 Å². The highest BCUT2D eigenvalue weighted by Gasteiger charge is 2.17. The summed E-state index contributed by atoms with van der Waals surface area (Å²) in [5.74, 6) is -0.136. The molecule has 0 aliphatic rings. The van der Waals surface area contributed by atoms with E-state index >= 15 is 0 Å². The van der Waals surface area contributed by atoms with Crippen molar-refractivity contribution < 1.29 is 26.7 Å². The Morgan fingerprint density at radius 1 is 1.14 bits per heavy atom. The van der Waals surface area contributed by atoms with E-state index in [9.17, 15) is 22.0 Å². The van der Waals surface area contributed by atoms with Gasteiger partial charge in [-0.3, -0.25) is 0 Å². The molecule has 28 heavy (non-hydrogen) atoms. The summed E-state index contributed by atoms with van der Waals surface area (Å²) in [4.78, 5) is 12.3. The van der Waals surface area contributed by atoms with Gasteiger partial charge in [-0.2, -0.15) is 8.78 Å². The molecule has 7 nitrogen and oxygen atoms in total. The fourth-order valence-corrected chi connectivity index (χ4v) is 3.23. The van der Waals surface area contributed by atoms with E-state index in [0.29, 0.717) is 11.1 Å². The number of sulfonamides is 1. The normalized spacial score (nSPS) is 11.5. The zero-order chi connectivity index (χ0) is 20.9. The molecule has 0 saturated carbocycles. The topological polar surface area (TPSA) is 87.7 Å². The second-order valence-corrected chi connectivity index (χ2v) is 8.22. The molecule has 0 aliphatic carbocycles. The Morgan fingerprint density at radius 2 is 1.79 bits per heavy atom. The molecule has 0 radical (unpaired) electrons. The molecule has 2 amide bonds. The highest BCUT2D eigenvalue weighted by Crippen LogP contribution is 2.29. The zero-order valence-corrected chi connectivity index (χ0v) is 16.4. The van der Waals surface area contributed by atoms with Crippen molar-refractivity contribution in [3.63, 3.8) is 0 Å². The minimum Gasteiger partial charge on any atom is -0.433 e. The van der Waals surface area contributed by atoms with E-state index in [-0.39, 0.29) is 22.9 Å². The average Bonchev–Trinajstić information content (AvgIpc) is 2.62. The number of para-hydroxylation sites is 1. The summed E-state index contributed by atoms with van der Waals surface area (Å²) >= 11 is 0. The van der Waals surface area contributed by atoms with Gasteiger partial charge in [0.1, 0.15) is 5.75 Å². The Labute approximate surface area is 162 Å². The summed E-state index contributed by atoms with van der Waals surface area (Å²) in [6, 6.07) is 9.96. The smallest absolute Gasteiger partial charge is 0.387 e. The van der Waals surface area contributed by atoms with Crippen molar-refractivity contribution in [2.75, 3.05) is 19.4 Å². The van der Waals surface area contributed by atoms with E-state index in [1.165, 1.54) is 32.3 Å². The molecule has 2 rings (SSSR count). The number of nitrogens with one attached hydrogen (secondary N) is 2. The van der Waals surface area contributed by atoms with Crippen molar-refractivity contribution in [2.24, 2.45) is 0 Å². The number of anilines is 1. The van der Waals surface area contributed by atoms with Crippen LogP contribution in [-0.4, -0.2) is 39.5 Å². The van der Waals surface area contributed by atoms with Crippen molar-refractivity contribution in [2.45, 2.75) is 25.0 Å². The lowest BCUT2D eigenvalue weighted by atomic mass is 10.2. The van der Waals surface area contributed by atoms with Gasteiger partial charge in [-0.25, -0.2) is 17.5 Å². The predicted molar refractivity (Wildman–Crippen MR) is 101 cm³/mol. The maximum atomic E-state index is 12.5. The molecule has 0 heterocycles. The van der Waals surface area contributed by atoms with Crippen LogP contribution >= 0.6 is 0 Å². The predicted octanol–water partition coefficient (Wildman–Crippen LogP) is 3.17. The van der Waals surface area contributed by atoms with Gasteiger partial charge < -0.3 is 15.4 Å². The Morgan fingerprint density at radius 3 is 2.36 bits per heavy atom. The van der Waals surface area contributed by atoms with Crippen molar-refractivity contribution in [3.05, 3.63) is 53.6 Å². The van der Waals surface area contributed by atoms with Crippen LogP contribution in [0.15, 0.2) is 47.4 Å². The van der Waals surface area contributed by atoms with Gasteiger partial charge in [0, 0.05) is 20.6 Å². The molecule has 2 N–H and O–H groups in total. The Balaban J connectivity index is 2.02. The van der Waals surface area contributed by atoms with Gasteiger partial charge in [-0.1, -0.05) is 24.3 Å². The Hall–Kier alpha value is -2.72. The molecule has 2 aromatic rings. The van der Waals surface area contributed by atoms with Gasteiger partial charge >= 0.3 is 12.6 Å². The molecule has 2 aromatic carbocycles. The van der Waals surface area contributed by atoms with Gasteiger partial charge in [0.2, 0.25) is 10.0 Å². The molecule has 0 spiro atoms. The maximum Gasteiger partial charge on any atom is 0.387 e. The molecule has 152 valence electrons. The number of halogens is 2. The number of ether oxygens (including phenoxy) is 1. The summed E-state index contributed by atoms with van der Waals surface area (Å²) < 4.78 is 54.6. The highest BCUT2D eigenvalue weighted by molar-refractivity contribution is 7.89. The van der Waals surface area contributed by atoms with E-state index in [1.807, 2.05) is 0 Å². The molecule has 0 saturated heterocycles. The van der Waals surface area contributed by atoms with Crippen molar-refractivity contribution >= 4 is 21.7 Å². The summed E-state index contributed by atoms with van der Waals surface area (Å²) in [5, 5.41) is 5.08. The first kappa shape index (κ1) is 21.6. The van der Waals surface area contributed by atoms with Crippen LogP contribution in [0.1, 0.15) is 11.1 Å². The fourth-order valence-electron chi connectivity index (χ4n) is 2.33. The van der Waals surface area contributed by atoms with Gasteiger partial charge in [0.15, 0.2) is 0 Å². The summed E-state index contributed by atoms with van der Waals surface area (Å²) in [5.41, 5.74) is 1.38. The maximum absolute atomic E-state index is 12.5. The number of carbonyl (C=O) groups excluding carboxylic acids is 1. The van der Waals surface area contributed by atoms with Crippen molar-refractivity contribution in [1.29, 1.82) is 0 Å². The zero-order valence-electron chi connectivity index (χ0n) is 15.6. The van der Waals surface area contributed by atoms with Crippen LogP contribution in [0.4, 0.5) is 19.3 Å². The molecular formula is C18H21F2N3O4S. The standard InChI is InChI=1S/C18H21F2N3O4S/c1-12-5-4-6-15(27-17(19)20)16(12)22-18(24)21-11-13-7-9-14(10-8-13)28(25,26)23(2)3/h4-10,17H,11H2,1-3H3,(H2,21,22,24). The number of aryl methyl sites for hydroxylation is 1. The number of rotatable bonds is 7. The summed E-state index contributed by atoms with van der Waals surface area (Å²) in [6.07, 6.45) is 0. The van der Waals surface area contributed by atoms with Gasteiger partial charge in [-0.15, -0.1) is 0 Å². The van der Waals surface area contributed by atoms with E-state index in [2.05, 4.69) is 15.4 Å². The minimum atomic E-state index is -3.53. The molecule has 10 heteroatoms. The second-order valence-electron chi connectivity index (χ2n) is 6.07. The Kier molecular flexibility index (Phi) is 6.92. The largest absolute Gasteiger partial charge is 0.433 e. The summed E-state index contributed by atoms with van der Waals surface area (Å²) in [7, 11) is -0.652. The van der Waals surface area contributed by atoms with Crippen LogP contribution in [0.5, 0.6) is 5.75 Å². The summed E-state index contributed by atoms with van der Waals surface area (Å²) in [6.45, 7) is -1.24. The number of carbonyl (C=O) groups is 1. The molecule has 0 atom stereocenters. The van der Waals surface area contributed by atoms with E-state index in [4.69, 9.17) is 0 Å². The lowest BCUT2D eigenvalue weighted by molar-refractivity contribution is -0.0493. The van der Waals surface area contributed by atoms with Gasteiger partial charge in [0.05, 0.1) is 10.6 Å². The first-order chi connectivity index (χ1) is 13.1. The SMILES string of the molecule is Cc1cccc(OC(F)F)c1NC(=O)NCc1ccc(S(=O)(=O)N(C)C)cc1. The van der Waals surface area contributed by atoms with Crippen LogP contribution in [0, 0.1) is 6.92 Å². The van der Waals surface area contributed by atoms with Crippen LogP contribution in [0.25, 0.3) is 0 Å². The number of urea groups is 1. The molecule has 0 unspecified atom stereocenters. The first-order valence-electron chi connectivity index (χ1n) is 8.22. The third kappa shape index (κ3) is 5.40. The number of alkyl halides is 2. The Bertz CT molecular complexity index is 932. The number of hydrogen-bond acceptors (Lipinski definition) is 4. The quantitative estimate of drug-likeness (QED) is 0.730. The number of amides is 2. The van der Waals surface area contributed by atoms with E-state index < -0.39 is 22.7 Å². The third-order valence-electron chi connectivity index (χ3n) is 3.84. The van der Waals surface area contributed by atoms with E-state index in [1.54, 1.807) is 31.2 Å². The van der Waals surface area contributed by atoms with Crippen LogP contribution < -0.4 is 15.4 Å². The fraction of sp³-hybridized carbons (Fsp3) is 0.278. The monoisotopic (exact) mass is 413 g/mol. The average molecular weight is 413 g/mol. The molecule has 0 bridgehead atoms. The van der Waals surface area contributed by atoms with Gasteiger partial charge in [0.25, 0.3) is 0 Å². The number of hydrogen-bond donors (Lipinski definition) is 2. The molecule has 0 fully saturated rings. The lowest BCUT2D eigenvalue weighted by Crippen LogP contribution is -2.29. The third-order valence-corrected chi connectivity index (χ3v) is 5.67. The van der Waals surface area contributed by atoms with Gasteiger partial charge in [-0.05, 0) is 36.2 Å². The van der Waals surface area contributed by atoms with Crippen molar-refractivity contribution in [3.8, 4) is 5.75 Å².